The van der Waals surface area contributed by atoms with Crippen LogP contribution < -0.4 is 20.9 Å². The second kappa shape index (κ2) is 10.4. The Morgan fingerprint density at radius 3 is 2.53 bits per heavy atom. The lowest BCUT2D eigenvalue weighted by Crippen LogP contribution is -2.39. The molecule has 0 radical (unpaired) electrons. The Morgan fingerprint density at radius 1 is 1.06 bits per heavy atom. The van der Waals surface area contributed by atoms with Gasteiger partial charge in [-0.3, -0.25) is 4.79 Å². The molecule has 8 nitrogen and oxygen atoms in total. The third-order valence-electron chi connectivity index (χ3n) is 6.40. The summed E-state index contributed by atoms with van der Waals surface area (Å²) in [7, 11) is 0. The molecule has 0 spiro atoms. The van der Waals surface area contributed by atoms with Crippen LogP contribution in [0, 0.1) is 0 Å². The fourth-order valence-corrected chi connectivity index (χ4v) is 5.34. The fourth-order valence-electron chi connectivity index (χ4n) is 4.56. The molecule has 1 saturated heterocycles. The Balaban J connectivity index is 1.26. The van der Waals surface area contributed by atoms with Crippen molar-refractivity contribution in [3.63, 3.8) is 0 Å². The van der Waals surface area contributed by atoms with Crippen molar-refractivity contribution >= 4 is 50.6 Å². The molecule has 1 aromatic carbocycles. The quantitative estimate of drug-likeness (QED) is 0.436. The first kappa shape index (κ1) is 22.6. The minimum atomic E-state index is -0.0961. The zero-order chi connectivity index (χ0) is 23.3. The number of nitrogens with one attached hydrogen (secondary N) is 3. The van der Waals surface area contributed by atoms with E-state index in [0.29, 0.717) is 12.0 Å². The van der Waals surface area contributed by atoms with Gasteiger partial charge in [-0.1, -0.05) is 6.58 Å². The Bertz CT molecular complexity index is 1130. The number of ether oxygens (including phenoxy) is 1. The van der Waals surface area contributed by atoms with E-state index >= 15 is 0 Å². The van der Waals surface area contributed by atoms with Gasteiger partial charge < -0.3 is 25.6 Å². The minimum Gasteiger partial charge on any atom is -0.378 e. The van der Waals surface area contributed by atoms with Gasteiger partial charge in [-0.2, -0.15) is 4.98 Å². The van der Waals surface area contributed by atoms with Crippen LogP contribution in [0.2, 0.25) is 0 Å². The highest BCUT2D eigenvalue weighted by molar-refractivity contribution is 7.17. The molecule has 0 unspecified atom stereocenters. The Labute approximate surface area is 203 Å². The molecule has 2 aliphatic rings. The van der Waals surface area contributed by atoms with Crippen molar-refractivity contribution in [2.24, 2.45) is 0 Å². The molecule has 2 aromatic heterocycles. The second-order valence-electron chi connectivity index (χ2n) is 8.71. The van der Waals surface area contributed by atoms with Gasteiger partial charge in [0.2, 0.25) is 11.9 Å². The molecule has 178 valence electrons. The van der Waals surface area contributed by atoms with Gasteiger partial charge in [0.25, 0.3) is 0 Å². The first-order chi connectivity index (χ1) is 16.7. The predicted molar refractivity (Wildman–Crippen MR) is 138 cm³/mol. The Morgan fingerprint density at radius 2 is 1.79 bits per heavy atom. The van der Waals surface area contributed by atoms with Crippen molar-refractivity contribution < 1.29 is 9.53 Å². The second-order valence-corrected chi connectivity index (χ2v) is 9.62. The molecular weight excluding hydrogens is 448 g/mol. The van der Waals surface area contributed by atoms with Crippen molar-refractivity contribution in [1.82, 2.24) is 15.3 Å². The molecule has 1 amide bonds. The average molecular weight is 479 g/mol. The van der Waals surface area contributed by atoms with Gasteiger partial charge in [-0.05, 0) is 67.5 Å². The number of anilines is 4. The van der Waals surface area contributed by atoms with Crippen LogP contribution in [-0.4, -0.2) is 54.3 Å². The largest absolute Gasteiger partial charge is 0.378 e. The number of nitrogens with zero attached hydrogens (tertiary/aromatic N) is 3. The van der Waals surface area contributed by atoms with Crippen molar-refractivity contribution in [2.75, 3.05) is 41.8 Å². The molecule has 9 heteroatoms. The van der Waals surface area contributed by atoms with Crippen LogP contribution >= 0.6 is 11.3 Å². The molecule has 1 aliphatic heterocycles. The van der Waals surface area contributed by atoms with Crippen LogP contribution in [0.15, 0.2) is 48.4 Å². The summed E-state index contributed by atoms with van der Waals surface area (Å²) in [6.07, 6.45) is 5.17. The standard InChI is InChI=1S/C25H30N6O2S/c1-2-22(32)26-17-3-5-18(6-4-17)27-24-23-21(11-16-34-23)29-25(30-24)28-19-7-9-20(10-8-19)31-12-14-33-15-13-31/h2,7-11,16-18H,1,3-6,12-15H2,(H,26,32)(H2,27,28,29,30)/t17-,18+. The van der Waals surface area contributed by atoms with E-state index in [0.717, 1.165) is 73.7 Å². The smallest absolute Gasteiger partial charge is 0.243 e. The van der Waals surface area contributed by atoms with Crippen LogP contribution in [0.1, 0.15) is 25.7 Å². The SMILES string of the molecule is C=CC(=O)N[C@H]1CC[C@@H](Nc2nc(Nc3ccc(N4CCOCC4)cc3)nc3ccsc23)CC1. The number of carbonyl (C=O) groups is 1. The van der Waals surface area contributed by atoms with E-state index in [2.05, 4.69) is 51.7 Å². The van der Waals surface area contributed by atoms with E-state index in [1.807, 2.05) is 11.4 Å². The minimum absolute atomic E-state index is 0.0961. The first-order valence-electron chi connectivity index (χ1n) is 11.8. The van der Waals surface area contributed by atoms with Gasteiger partial charge >= 0.3 is 0 Å². The average Bonchev–Trinajstić information content (AvgIpc) is 3.35. The zero-order valence-electron chi connectivity index (χ0n) is 19.1. The molecule has 1 aliphatic carbocycles. The van der Waals surface area contributed by atoms with Crippen LogP contribution in [-0.2, 0) is 9.53 Å². The summed E-state index contributed by atoms with van der Waals surface area (Å²) in [5, 5.41) is 12.1. The molecule has 0 bridgehead atoms. The van der Waals surface area contributed by atoms with Crippen molar-refractivity contribution in [1.29, 1.82) is 0 Å². The summed E-state index contributed by atoms with van der Waals surface area (Å²) in [5.41, 5.74) is 3.09. The highest BCUT2D eigenvalue weighted by Crippen LogP contribution is 2.31. The highest BCUT2D eigenvalue weighted by atomic mass is 32.1. The lowest BCUT2D eigenvalue weighted by atomic mass is 9.91. The number of thiophene rings is 1. The van der Waals surface area contributed by atoms with Gasteiger partial charge in [0.1, 0.15) is 5.82 Å². The number of hydrogen-bond acceptors (Lipinski definition) is 8. The van der Waals surface area contributed by atoms with Gasteiger partial charge in [-0.25, -0.2) is 4.98 Å². The van der Waals surface area contributed by atoms with Crippen LogP contribution in [0.3, 0.4) is 0 Å². The Hall–Kier alpha value is -3.17. The van der Waals surface area contributed by atoms with Gasteiger partial charge in [0.05, 0.1) is 23.4 Å². The number of amides is 1. The maximum Gasteiger partial charge on any atom is 0.243 e. The van der Waals surface area contributed by atoms with E-state index in [9.17, 15) is 4.79 Å². The molecule has 0 atom stereocenters. The molecule has 1 saturated carbocycles. The molecule has 5 rings (SSSR count). The number of aromatic nitrogens is 2. The van der Waals surface area contributed by atoms with Crippen molar-refractivity contribution in [2.45, 2.75) is 37.8 Å². The molecule has 3 N–H and O–H groups in total. The van der Waals surface area contributed by atoms with Crippen LogP contribution in [0.4, 0.5) is 23.1 Å². The van der Waals surface area contributed by atoms with E-state index < -0.39 is 0 Å². The number of morpholine rings is 1. The van der Waals surface area contributed by atoms with Crippen LogP contribution in [0.25, 0.3) is 10.2 Å². The summed E-state index contributed by atoms with van der Waals surface area (Å²) in [6.45, 7) is 6.92. The fraction of sp³-hybridized carbons (Fsp3) is 0.400. The van der Waals surface area contributed by atoms with E-state index in [1.165, 1.54) is 11.8 Å². The topological polar surface area (TPSA) is 91.4 Å². The van der Waals surface area contributed by atoms with E-state index in [4.69, 9.17) is 14.7 Å². The molecule has 3 aromatic rings. The highest BCUT2D eigenvalue weighted by Gasteiger charge is 2.23. The summed E-state index contributed by atoms with van der Waals surface area (Å²) in [5.74, 6) is 1.35. The summed E-state index contributed by atoms with van der Waals surface area (Å²) in [4.78, 5) is 23.5. The number of hydrogen-bond donors (Lipinski definition) is 3. The van der Waals surface area contributed by atoms with Crippen molar-refractivity contribution in [3.05, 3.63) is 48.4 Å². The summed E-state index contributed by atoms with van der Waals surface area (Å²) in [6, 6.07) is 10.9. The first-order valence-corrected chi connectivity index (χ1v) is 12.7. The third-order valence-corrected chi connectivity index (χ3v) is 7.31. The Kier molecular flexibility index (Phi) is 6.92. The summed E-state index contributed by atoms with van der Waals surface area (Å²) >= 11 is 1.65. The molecule has 2 fully saturated rings. The normalized spacial score (nSPS) is 20.6. The monoisotopic (exact) mass is 478 g/mol. The zero-order valence-corrected chi connectivity index (χ0v) is 19.9. The molecule has 34 heavy (non-hydrogen) atoms. The predicted octanol–water partition coefficient (Wildman–Crippen LogP) is 4.30. The van der Waals surface area contributed by atoms with Gasteiger partial charge in [0.15, 0.2) is 0 Å². The number of fused-ring (bicyclic) bond motifs is 1. The number of carbonyl (C=O) groups excluding carboxylic acids is 1. The molecule has 3 heterocycles. The van der Waals surface area contributed by atoms with Gasteiger partial charge in [0, 0.05) is 36.5 Å². The maximum atomic E-state index is 11.6. The van der Waals surface area contributed by atoms with Crippen LogP contribution in [0.5, 0.6) is 0 Å². The number of benzene rings is 1. The number of rotatable bonds is 7. The van der Waals surface area contributed by atoms with E-state index in [1.54, 1.807) is 11.3 Å². The molecular formula is C25H30N6O2S. The third kappa shape index (κ3) is 5.31. The lowest BCUT2D eigenvalue weighted by molar-refractivity contribution is -0.117. The van der Waals surface area contributed by atoms with E-state index in [-0.39, 0.29) is 11.9 Å². The van der Waals surface area contributed by atoms with Crippen molar-refractivity contribution in [3.8, 4) is 0 Å². The van der Waals surface area contributed by atoms with Gasteiger partial charge in [-0.15, -0.1) is 11.3 Å². The lowest BCUT2D eigenvalue weighted by Gasteiger charge is -2.30. The maximum absolute atomic E-state index is 11.6. The summed E-state index contributed by atoms with van der Waals surface area (Å²) < 4.78 is 6.51.